The Morgan fingerprint density at radius 1 is 1.50 bits per heavy atom. The molecule has 2 aliphatic rings. The Morgan fingerprint density at radius 2 is 2.27 bits per heavy atom. The quantitative estimate of drug-likeness (QED) is 0.444. The third kappa shape index (κ3) is 4.32. The second kappa shape index (κ2) is 7.77. The van der Waals surface area contributed by atoms with E-state index in [2.05, 4.69) is 6.92 Å². The van der Waals surface area contributed by atoms with Crippen LogP contribution in [0.1, 0.15) is 52.4 Å². The van der Waals surface area contributed by atoms with Gasteiger partial charge in [0, 0.05) is 25.2 Å². The number of hydrogen-bond donors (Lipinski definition) is 1. The summed E-state index contributed by atoms with van der Waals surface area (Å²) in [7, 11) is 0. The van der Waals surface area contributed by atoms with Crippen molar-refractivity contribution in [2.24, 2.45) is 11.8 Å². The second-order valence-electron chi connectivity index (χ2n) is 6.31. The zero-order chi connectivity index (χ0) is 16.1. The van der Waals surface area contributed by atoms with Crippen LogP contribution in [0.5, 0.6) is 0 Å². The van der Waals surface area contributed by atoms with Crippen LogP contribution in [-0.4, -0.2) is 35.4 Å². The van der Waals surface area contributed by atoms with Crippen molar-refractivity contribution >= 4 is 11.9 Å². The SMILES string of the molecule is CCCCC[C@H](O)/C=C/[C@H]1[C@H](OC(C)=O)CC2OC(=O)C[C@@H]21. The van der Waals surface area contributed by atoms with Crippen molar-refractivity contribution in [3.05, 3.63) is 12.2 Å². The van der Waals surface area contributed by atoms with Crippen molar-refractivity contribution < 1.29 is 24.2 Å². The minimum atomic E-state index is -0.485. The van der Waals surface area contributed by atoms with Gasteiger partial charge in [0.25, 0.3) is 0 Å². The fraction of sp³-hybridized carbons (Fsp3) is 0.765. The van der Waals surface area contributed by atoms with Crippen molar-refractivity contribution in [3.63, 3.8) is 0 Å². The largest absolute Gasteiger partial charge is 0.462 e. The van der Waals surface area contributed by atoms with E-state index in [0.717, 1.165) is 25.7 Å². The number of carbonyl (C=O) groups excluding carboxylic acids is 2. The third-order valence-corrected chi connectivity index (χ3v) is 4.53. The maximum absolute atomic E-state index is 11.4. The molecule has 1 unspecified atom stereocenters. The monoisotopic (exact) mass is 310 g/mol. The lowest BCUT2D eigenvalue weighted by atomic mass is 9.91. The van der Waals surface area contributed by atoms with Crippen molar-refractivity contribution in [2.75, 3.05) is 0 Å². The number of fused-ring (bicyclic) bond motifs is 1. The van der Waals surface area contributed by atoms with E-state index in [1.165, 1.54) is 6.92 Å². The van der Waals surface area contributed by atoms with Gasteiger partial charge < -0.3 is 14.6 Å². The first kappa shape index (κ1) is 17.0. The number of aliphatic hydroxyl groups is 1. The lowest BCUT2D eigenvalue weighted by Crippen LogP contribution is -2.23. The van der Waals surface area contributed by atoms with Gasteiger partial charge in [-0.1, -0.05) is 38.3 Å². The molecule has 1 saturated heterocycles. The molecule has 5 atom stereocenters. The van der Waals surface area contributed by atoms with Crippen LogP contribution in [0.25, 0.3) is 0 Å². The fourth-order valence-corrected chi connectivity index (χ4v) is 3.46. The average Bonchev–Trinajstić information content (AvgIpc) is 2.92. The van der Waals surface area contributed by atoms with E-state index < -0.39 is 6.10 Å². The summed E-state index contributed by atoms with van der Waals surface area (Å²) in [5.41, 5.74) is 0. The Hall–Kier alpha value is -1.36. The number of rotatable bonds is 7. The summed E-state index contributed by atoms with van der Waals surface area (Å²) >= 11 is 0. The van der Waals surface area contributed by atoms with Gasteiger partial charge >= 0.3 is 11.9 Å². The molecule has 0 aromatic carbocycles. The van der Waals surface area contributed by atoms with Crippen molar-refractivity contribution in [3.8, 4) is 0 Å². The Kier molecular flexibility index (Phi) is 6.00. The van der Waals surface area contributed by atoms with E-state index >= 15 is 0 Å². The number of aliphatic hydroxyl groups excluding tert-OH is 1. The maximum Gasteiger partial charge on any atom is 0.306 e. The van der Waals surface area contributed by atoms with Crippen LogP contribution in [0, 0.1) is 11.8 Å². The first-order valence-corrected chi connectivity index (χ1v) is 8.24. The Labute approximate surface area is 131 Å². The molecule has 124 valence electrons. The van der Waals surface area contributed by atoms with Crippen molar-refractivity contribution in [1.29, 1.82) is 0 Å². The van der Waals surface area contributed by atoms with Gasteiger partial charge in [-0.05, 0) is 6.42 Å². The molecule has 0 amide bonds. The minimum absolute atomic E-state index is 0.0518. The Balaban J connectivity index is 1.97. The third-order valence-electron chi connectivity index (χ3n) is 4.53. The van der Waals surface area contributed by atoms with Gasteiger partial charge in [0.1, 0.15) is 12.2 Å². The summed E-state index contributed by atoms with van der Waals surface area (Å²) in [5, 5.41) is 10.0. The zero-order valence-corrected chi connectivity index (χ0v) is 13.4. The van der Waals surface area contributed by atoms with E-state index in [1.807, 2.05) is 6.08 Å². The summed E-state index contributed by atoms with van der Waals surface area (Å²) < 4.78 is 10.7. The molecule has 1 saturated carbocycles. The average molecular weight is 310 g/mol. The Bertz CT molecular complexity index is 431. The predicted molar refractivity (Wildman–Crippen MR) is 80.9 cm³/mol. The maximum atomic E-state index is 11.4. The van der Waals surface area contributed by atoms with Gasteiger partial charge in [-0.25, -0.2) is 0 Å². The highest BCUT2D eigenvalue weighted by Gasteiger charge is 2.50. The second-order valence-corrected chi connectivity index (χ2v) is 6.31. The summed E-state index contributed by atoms with van der Waals surface area (Å²) in [4.78, 5) is 22.7. The zero-order valence-electron chi connectivity index (χ0n) is 13.4. The van der Waals surface area contributed by atoms with E-state index in [0.29, 0.717) is 12.8 Å². The molecule has 0 aromatic rings. The molecule has 1 N–H and O–H groups in total. The molecule has 0 spiro atoms. The molecular formula is C17H26O5. The van der Waals surface area contributed by atoms with Gasteiger partial charge in [0.05, 0.1) is 12.5 Å². The van der Waals surface area contributed by atoms with E-state index in [1.54, 1.807) is 6.08 Å². The molecule has 1 heterocycles. The molecule has 0 radical (unpaired) electrons. The number of carbonyl (C=O) groups is 2. The predicted octanol–water partition coefficient (Wildman–Crippen LogP) is 2.37. The number of hydrogen-bond acceptors (Lipinski definition) is 5. The molecule has 2 rings (SSSR count). The normalized spacial score (nSPS) is 32.0. The highest BCUT2D eigenvalue weighted by Crippen LogP contribution is 2.43. The number of ether oxygens (including phenoxy) is 2. The number of unbranched alkanes of at least 4 members (excludes halogenated alkanes) is 2. The van der Waals surface area contributed by atoms with E-state index in [4.69, 9.17) is 9.47 Å². The van der Waals surface area contributed by atoms with Crippen LogP contribution in [0.15, 0.2) is 12.2 Å². The van der Waals surface area contributed by atoms with E-state index in [-0.39, 0.29) is 36.0 Å². The van der Waals surface area contributed by atoms with E-state index in [9.17, 15) is 14.7 Å². The minimum Gasteiger partial charge on any atom is -0.462 e. The standard InChI is InChI=1S/C17H26O5/c1-3-4-5-6-12(19)7-8-13-14-9-17(20)22-16(14)10-15(13)21-11(2)18/h7-8,12-16,19H,3-6,9-10H2,1-2H3/b8-7+/t12-,13+,14+,15+,16?/m0/s1. The summed E-state index contributed by atoms with van der Waals surface area (Å²) in [6.07, 6.45) is 7.66. The molecule has 1 aliphatic heterocycles. The van der Waals surface area contributed by atoms with Crippen molar-refractivity contribution in [1.82, 2.24) is 0 Å². The molecule has 5 nitrogen and oxygen atoms in total. The molecule has 0 bridgehead atoms. The highest BCUT2D eigenvalue weighted by atomic mass is 16.6. The van der Waals surface area contributed by atoms with Crippen LogP contribution in [0.2, 0.25) is 0 Å². The summed E-state index contributed by atoms with van der Waals surface area (Å²) in [6.45, 7) is 3.52. The van der Waals surface area contributed by atoms with Crippen LogP contribution >= 0.6 is 0 Å². The van der Waals surface area contributed by atoms with Gasteiger partial charge in [-0.2, -0.15) is 0 Å². The molecular weight excluding hydrogens is 284 g/mol. The fourth-order valence-electron chi connectivity index (χ4n) is 3.46. The molecule has 22 heavy (non-hydrogen) atoms. The topological polar surface area (TPSA) is 72.8 Å². The van der Waals surface area contributed by atoms with Gasteiger partial charge in [-0.15, -0.1) is 0 Å². The van der Waals surface area contributed by atoms with Crippen LogP contribution in [0.3, 0.4) is 0 Å². The molecule has 5 heteroatoms. The van der Waals surface area contributed by atoms with Gasteiger partial charge in [0.15, 0.2) is 0 Å². The number of esters is 2. The highest BCUT2D eigenvalue weighted by molar-refractivity contribution is 5.72. The van der Waals surface area contributed by atoms with Crippen molar-refractivity contribution in [2.45, 2.75) is 70.7 Å². The summed E-state index contributed by atoms with van der Waals surface area (Å²) in [6, 6.07) is 0. The molecule has 1 aliphatic carbocycles. The molecule has 2 fully saturated rings. The first-order valence-electron chi connectivity index (χ1n) is 8.24. The summed E-state index contributed by atoms with van der Waals surface area (Å²) in [5.74, 6) is -0.506. The first-order chi connectivity index (χ1) is 10.5. The smallest absolute Gasteiger partial charge is 0.306 e. The lowest BCUT2D eigenvalue weighted by Gasteiger charge is -2.19. The molecule has 0 aromatic heterocycles. The van der Waals surface area contributed by atoms with Crippen LogP contribution in [-0.2, 0) is 19.1 Å². The lowest BCUT2D eigenvalue weighted by molar-refractivity contribution is -0.149. The van der Waals surface area contributed by atoms with Gasteiger partial charge in [0.2, 0.25) is 0 Å². The van der Waals surface area contributed by atoms with Crippen LogP contribution in [0.4, 0.5) is 0 Å². The van der Waals surface area contributed by atoms with Crippen LogP contribution < -0.4 is 0 Å². The van der Waals surface area contributed by atoms with Gasteiger partial charge in [-0.3, -0.25) is 9.59 Å². The Morgan fingerprint density at radius 3 is 2.95 bits per heavy atom.